The van der Waals surface area contributed by atoms with Crippen molar-refractivity contribution < 1.29 is 19.1 Å². The number of carbonyl (C=O) groups excluding carboxylic acids is 3. The summed E-state index contributed by atoms with van der Waals surface area (Å²) in [4.78, 5) is 41.4. The second-order valence-corrected chi connectivity index (χ2v) is 10.8. The molecule has 186 valence electrons. The Balaban J connectivity index is 2.42. The van der Waals surface area contributed by atoms with Gasteiger partial charge in [-0.3, -0.25) is 9.59 Å². The number of ether oxygens (including phenoxy) is 1. The number of thioether (sulfide) groups is 1. The first kappa shape index (κ1) is 27.6. The Morgan fingerprint density at radius 3 is 2.26 bits per heavy atom. The van der Waals surface area contributed by atoms with Crippen molar-refractivity contribution in [3.05, 3.63) is 35.4 Å². The number of alkyl carbamates (subject to hydrolysis) is 1. The molecule has 34 heavy (non-hydrogen) atoms. The number of terminal acetylenes is 1. The first-order chi connectivity index (χ1) is 16.0. The van der Waals surface area contributed by atoms with E-state index in [0.717, 1.165) is 12.8 Å². The minimum atomic E-state index is -0.827. The van der Waals surface area contributed by atoms with Crippen molar-refractivity contribution >= 4 is 29.7 Å². The van der Waals surface area contributed by atoms with Crippen molar-refractivity contribution in [1.29, 1.82) is 0 Å². The molecule has 1 fully saturated rings. The molecule has 0 aliphatic heterocycles. The Labute approximate surface area is 207 Å². The summed E-state index contributed by atoms with van der Waals surface area (Å²) in [6.45, 7) is 9.08. The predicted molar refractivity (Wildman–Crippen MR) is 136 cm³/mol. The lowest BCUT2D eigenvalue weighted by Crippen LogP contribution is -2.54. The van der Waals surface area contributed by atoms with Gasteiger partial charge in [0.25, 0.3) is 0 Å². The molecular formula is C26H37N3O4S. The molecule has 0 radical (unpaired) electrons. The van der Waals surface area contributed by atoms with Gasteiger partial charge in [0.15, 0.2) is 0 Å². The van der Waals surface area contributed by atoms with Crippen molar-refractivity contribution in [2.45, 2.75) is 83.6 Å². The average Bonchev–Trinajstić information content (AvgIpc) is 3.57. The number of benzene rings is 1. The molecule has 1 aromatic carbocycles. The largest absolute Gasteiger partial charge is 0.444 e. The van der Waals surface area contributed by atoms with Crippen molar-refractivity contribution in [3.63, 3.8) is 0 Å². The lowest BCUT2D eigenvalue weighted by molar-refractivity contribution is -0.143. The summed E-state index contributed by atoms with van der Waals surface area (Å²) in [5.74, 6) is 2.70. The van der Waals surface area contributed by atoms with E-state index < -0.39 is 23.8 Å². The number of hydrogen-bond acceptors (Lipinski definition) is 5. The van der Waals surface area contributed by atoms with E-state index in [-0.39, 0.29) is 23.9 Å². The van der Waals surface area contributed by atoms with Crippen LogP contribution in [0.5, 0.6) is 0 Å². The molecule has 0 spiro atoms. The van der Waals surface area contributed by atoms with Crippen LogP contribution in [0.1, 0.15) is 71.0 Å². The average molecular weight is 488 g/mol. The molecule has 3 amide bonds. The van der Waals surface area contributed by atoms with E-state index >= 15 is 0 Å². The van der Waals surface area contributed by atoms with E-state index in [1.807, 2.05) is 20.1 Å². The monoisotopic (exact) mass is 487 g/mol. The standard InChI is InChI=1S/C26H37N3O4S/c1-8-18-9-11-19(12-10-18)22(23(30)27-17(2)3)29(20-13-14-20)24(31)21(15-16-34-7)28-25(32)33-26(4,5)6/h1,9-12,17,20-22H,13-16H2,2-7H3,(H,27,30)(H,28,32). The fourth-order valence-electron chi connectivity index (χ4n) is 3.56. The number of amides is 3. The molecule has 0 heterocycles. The molecule has 8 heteroatoms. The SMILES string of the molecule is C#Cc1ccc(C(C(=O)NC(C)C)N(C(=O)C(CCSC)NC(=O)OC(C)(C)C)C2CC2)cc1. The van der Waals surface area contributed by atoms with Crippen molar-refractivity contribution in [3.8, 4) is 12.3 Å². The molecule has 2 N–H and O–H groups in total. The molecular weight excluding hydrogens is 450 g/mol. The minimum absolute atomic E-state index is 0.0695. The summed E-state index contributed by atoms with van der Waals surface area (Å²) in [7, 11) is 0. The first-order valence-corrected chi connectivity index (χ1v) is 13.0. The summed E-state index contributed by atoms with van der Waals surface area (Å²) in [6.07, 6.45) is 8.83. The maximum Gasteiger partial charge on any atom is 0.408 e. The molecule has 1 aliphatic carbocycles. The topological polar surface area (TPSA) is 87.7 Å². The lowest BCUT2D eigenvalue weighted by Gasteiger charge is -2.35. The second kappa shape index (κ2) is 12.2. The van der Waals surface area contributed by atoms with Crippen LogP contribution in [0.15, 0.2) is 24.3 Å². The summed E-state index contributed by atoms with van der Waals surface area (Å²) in [5.41, 5.74) is 0.685. The Morgan fingerprint density at radius 1 is 1.18 bits per heavy atom. The predicted octanol–water partition coefficient (Wildman–Crippen LogP) is 3.87. The highest BCUT2D eigenvalue weighted by Crippen LogP contribution is 2.36. The number of hydrogen-bond donors (Lipinski definition) is 2. The quantitative estimate of drug-likeness (QED) is 0.489. The van der Waals surface area contributed by atoms with Crippen LogP contribution in [0.4, 0.5) is 4.79 Å². The van der Waals surface area contributed by atoms with Gasteiger partial charge in [0.05, 0.1) is 0 Å². The van der Waals surface area contributed by atoms with Gasteiger partial charge in [-0.2, -0.15) is 11.8 Å². The van der Waals surface area contributed by atoms with Crippen molar-refractivity contribution in [1.82, 2.24) is 15.5 Å². The number of rotatable bonds is 10. The molecule has 2 atom stereocenters. The maximum atomic E-state index is 13.9. The highest BCUT2D eigenvalue weighted by molar-refractivity contribution is 7.98. The Morgan fingerprint density at radius 2 is 1.79 bits per heavy atom. The third kappa shape index (κ3) is 8.28. The highest BCUT2D eigenvalue weighted by Gasteiger charge is 2.44. The van der Waals surface area contributed by atoms with Gasteiger partial charge >= 0.3 is 6.09 Å². The van der Waals surface area contributed by atoms with Crippen LogP contribution in [0.2, 0.25) is 0 Å². The van der Waals surface area contributed by atoms with E-state index in [1.165, 1.54) is 0 Å². The molecule has 0 bridgehead atoms. The van der Waals surface area contributed by atoms with Gasteiger partial charge in [-0.25, -0.2) is 4.79 Å². The summed E-state index contributed by atoms with van der Waals surface area (Å²) in [6, 6.07) is 5.33. The van der Waals surface area contributed by atoms with E-state index in [9.17, 15) is 14.4 Å². The van der Waals surface area contributed by atoms with E-state index in [0.29, 0.717) is 23.3 Å². The van der Waals surface area contributed by atoms with Gasteiger partial charge in [-0.1, -0.05) is 18.1 Å². The van der Waals surface area contributed by atoms with Crippen LogP contribution < -0.4 is 10.6 Å². The zero-order valence-electron chi connectivity index (χ0n) is 21.0. The van der Waals surface area contributed by atoms with E-state index in [1.54, 1.807) is 61.7 Å². The van der Waals surface area contributed by atoms with Crippen LogP contribution in [0.25, 0.3) is 0 Å². The zero-order chi connectivity index (χ0) is 25.5. The number of carbonyl (C=O) groups is 3. The lowest BCUT2D eigenvalue weighted by atomic mass is 10.0. The fourth-order valence-corrected chi connectivity index (χ4v) is 4.03. The number of nitrogens with zero attached hydrogens (tertiary/aromatic N) is 1. The molecule has 1 saturated carbocycles. The van der Waals surface area contributed by atoms with Gasteiger partial charge in [0.1, 0.15) is 17.7 Å². The molecule has 1 aliphatic rings. The molecule has 0 aromatic heterocycles. The van der Waals surface area contributed by atoms with Crippen LogP contribution in [-0.2, 0) is 14.3 Å². The summed E-state index contributed by atoms with van der Waals surface area (Å²) < 4.78 is 5.40. The Hall–Kier alpha value is -2.66. The van der Waals surface area contributed by atoms with Gasteiger partial charge in [-0.05, 0) is 83.6 Å². The van der Waals surface area contributed by atoms with Crippen LogP contribution in [0, 0.1) is 12.3 Å². The first-order valence-electron chi connectivity index (χ1n) is 11.6. The van der Waals surface area contributed by atoms with Gasteiger partial charge in [-0.15, -0.1) is 6.42 Å². The number of nitrogens with one attached hydrogen (secondary N) is 2. The zero-order valence-corrected chi connectivity index (χ0v) is 21.8. The van der Waals surface area contributed by atoms with E-state index in [2.05, 4.69) is 16.6 Å². The molecule has 7 nitrogen and oxygen atoms in total. The van der Waals surface area contributed by atoms with Gasteiger partial charge in [0, 0.05) is 17.6 Å². The normalized spacial score (nSPS) is 15.1. The minimum Gasteiger partial charge on any atom is -0.444 e. The molecule has 2 rings (SSSR count). The Kier molecular flexibility index (Phi) is 9.87. The maximum absolute atomic E-state index is 13.9. The summed E-state index contributed by atoms with van der Waals surface area (Å²) in [5, 5.41) is 5.70. The fraction of sp³-hybridized carbons (Fsp3) is 0.577. The van der Waals surface area contributed by atoms with Gasteiger partial charge < -0.3 is 20.3 Å². The second-order valence-electron chi connectivity index (χ2n) is 9.79. The van der Waals surface area contributed by atoms with Crippen molar-refractivity contribution in [2.75, 3.05) is 12.0 Å². The molecule has 2 unspecified atom stereocenters. The van der Waals surface area contributed by atoms with Crippen LogP contribution in [-0.4, -0.2) is 58.5 Å². The van der Waals surface area contributed by atoms with Crippen LogP contribution >= 0.6 is 11.8 Å². The van der Waals surface area contributed by atoms with E-state index in [4.69, 9.17) is 11.2 Å². The molecule has 0 saturated heterocycles. The van der Waals surface area contributed by atoms with Crippen LogP contribution in [0.3, 0.4) is 0 Å². The third-order valence-electron chi connectivity index (χ3n) is 5.15. The Bertz CT molecular complexity index is 898. The van der Waals surface area contributed by atoms with Gasteiger partial charge in [0.2, 0.25) is 11.8 Å². The molecule has 1 aromatic rings. The summed E-state index contributed by atoms with van der Waals surface area (Å²) >= 11 is 1.59. The van der Waals surface area contributed by atoms with Crippen molar-refractivity contribution in [2.24, 2.45) is 0 Å². The third-order valence-corrected chi connectivity index (χ3v) is 5.79. The highest BCUT2D eigenvalue weighted by atomic mass is 32.2. The smallest absolute Gasteiger partial charge is 0.408 e.